The normalized spacial score (nSPS) is 10.1. The first kappa shape index (κ1) is 12.3. The smallest absolute Gasteiger partial charge is 0.339 e. The Labute approximate surface area is 109 Å². The van der Waals surface area contributed by atoms with E-state index >= 15 is 0 Å². The van der Waals surface area contributed by atoms with Crippen LogP contribution in [0.5, 0.6) is 11.5 Å². The summed E-state index contributed by atoms with van der Waals surface area (Å²) in [5.74, 6) is -0.513. The van der Waals surface area contributed by atoms with E-state index in [0.29, 0.717) is 16.5 Å². The molecule has 18 heavy (non-hydrogen) atoms. The predicted octanol–water partition coefficient (Wildman–Crippen LogP) is 3.41. The molecule has 0 saturated heterocycles. The lowest BCUT2D eigenvalue weighted by atomic mass is 10.2. The van der Waals surface area contributed by atoms with E-state index < -0.39 is 5.97 Å². The van der Waals surface area contributed by atoms with Gasteiger partial charge in [-0.15, -0.1) is 0 Å². The second-order valence-electron chi connectivity index (χ2n) is 3.59. The van der Waals surface area contributed by atoms with E-state index in [0.717, 1.165) is 0 Å². The first-order valence-electron chi connectivity index (χ1n) is 5.13. The quantitative estimate of drug-likeness (QED) is 0.833. The van der Waals surface area contributed by atoms with Gasteiger partial charge in [0.2, 0.25) is 0 Å². The van der Waals surface area contributed by atoms with Crippen LogP contribution in [0.2, 0.25) is 5.02 Å². The fourth-order valence-electron chi connectivity index (χ4n) is 1.45. The van der Waals surface area contributed by atoms with E-state index in [1.54, 1.807) is 30.3 Å². The maximum absolute atomic E-state index is 11.1. The molecule has 0 heterocycles. The van der Waals surface area contributed by atoms with Crippen LogP contribution in [0.1, 0.15) is 10.4 Å². The highest BCUT2D eigenvalue weighted by Crippen LogP contribution is 2.31. The maximum Gasteiger partial charge on any atom is 0.339 e. The molecular weight excluding hydrogens is 254 g/mol. The van der Waals surface area contributed by atoms with E-state index in [1.807, 2.05) is 0 Å². The summed E-state index contributed by atoms with van der Waals surface area (Å²) >= 11 is 5.94. The molecule has 92 valence electrons. The van der Waals surface area contributed by atoms with Crippen molar-refractivity contribution in [2.75, 3.05) is 5.73 Å². The first-order chi connectivity index (χ1) is 8.58. The van der Waals surface area contributed by atoms with Gasteiger partial charge in [-0.05, 0) is 30.3 Å². The van der Waals surface area contributed by atoms with Crippen LogP contribution in [0, 0.1) is 0 Å². The van der Waals surface area contributed by atoms with Crippen molar-refractivity contribution in [1.82, 2.24) is 0 Å². The highest BCUT2D eigenvalue weighted by Gasteiger charge is 2.13. The van der Waals surface area contributed by atoms with Gasteiger partial charge in [-0.3, -0.25) is 0 Å². The molecule has 2 rings (SSSR count). The Balaban J connectivity index is 2.41. The third-order valence-corrected chi connectivity index (χ3v) is 2.60. The molecule has 0 unspecified atom stereocenters. The topological polar surface area (TPSA) is 72.5 Å². The number of para-hydroxylation sites is 1. The Kier molecular flexibility index (Phi) is 3.39. The Morgan fingerprint density at radius 3 is 2.56 bits per heavy atom. The molecule has 2 aromatic carbocycles. The third kappa shape index (κ3) is 2.55. The summed E-state index contributed by atoms with van der Waals surface area (Å²) in [5.41, 5.74) is 5.90. The van der Waals surface area contributed by atoms with Gasteiger partial charge in [-0.25, -0.2) is 4.79 Å². The number of carbonyl (C=O) groups is 1. The molecule has 5 heteroatoms. The van der Waals surface area contributed by atoms with Crippen LogP contribution in [0.3, 0.4) is 0 Å². The van der Waals surface area contributed by atoms with Gasteiger partial charge in [0.05, 0.1) is 5.02 Å². The van der Waals surface area contributed by atoms with Crippen LogP contribution in [0.25, 0.3) is 0 Å². The first-order valence-corrected chi connectivity index (χ1v) is 5.51. The van der Waals surface area contributed by atoms with Crippen molar-refractivity contribution in [1.29, 1.82) is 0 Å². The Bertz CT molecular complexity index is 599. The number of rotatable bonds is 3. The summed E-state index contributed by atoms with van der Waals surface area (Å²) in [4.78, 5) is 11.1. The molecule has 0 saturated carbocycles. The van der Waals surface area contributed by atoms with Crippen molar-refractivity contribution in [3.63, 3.8) is 0 Å². The standard InChI is InChI=1S/C13H10ClNO3/c14-10-3-1-2-4-12(10)18-11-6-5-8(15)7-9(11)13(16)17/h1-7H,15H2,(H,16,17). The summed E-state index contributed by atoms with van der Waals surface area (Å²) in [6.45, 7) is 0. The zero-order chi connectivity index (χ0) is 13.1. The lowest BCUT2D eigenvalue weighted by Gasteiger charge is -2.10. The average Bonchev–Trinajstić information content (AvgIpc) is 2.34. The van der Waals surface area contributed by atoms with Crippen LogP contribution in [-0.2, 0) is 0 Å². The Hall–Kier alpha value is -2.20. The van der Waals surface area contributed by atoms with Gasteiger partial charge < -0.3 is 15.6 Å². The lowest BCUT2D eigenvalue weighted by molar-refractivity contribution is 0.0694. The number of carboxylic acid groups (broad SMARTS) is 1. The van der Waals surface area contributed by atoms with E-state index in [1.165, 1.54) is 12.1 Å². The zero-order valence-corrected chi connectivity index (χ0v) is 10.0. The van der Waals surface area contributed by atoms with Crippen LogP contribution in [0.4, 0.5) is 5.69 Å². The van der Waals surface area contributed by atoms with Crippen LogP contribution in [0.15, 0.2) is 42.5 Å². The monoisotopic (exact) mass is 263 g/mol. The summed E-state index contributed by atoms with van der Waals surface area (Å²) in [6, 6.07) is 11.2. The van der Waals surface area contributed by atoms with Crippen LogP contribution in [-0.4, -0.2) is 11.1 Å². The molecule has 0 atom stereocenters. The van der Waals surface area contributed by atoms with Crippen molar-refractivity contribution >= 4 is 23.3 Å². The molecule has 0 aromatic heterocycles. The number of nitrogens with two attached hydrogens (primary N) is 1. The molecule has 0 bridgehead atoms. The molecule has 0 spiro atoms. The number of carboxylic acids is 1. The summed E-state index contributed by atoms with van der Waals surface area (Å²) in [7, 11) is 0. The number of aromatic carboxylic acids is 1. The fraction of sp³-hybridized carbons (Fsp3) is 0. The number of halogens is 1. The summed E-state index contributed by atoms with van der Waals surface area (Å²) < 4.78 is 5.49. The molecule has 0 fully saturated rings. The molecular formula is C13H10ClNO3. The zero-order valence-electron chi connectivity index (χ0n) is 9.26. The number of hydrogen-bond acceptors (Lipinski definition) is 3. The maximum atomic E-state index is 11.1. The summed E-state index contributed by atoms with van der Waals surface area (Å²) in [6.07, 6.45) is 0. The predicted molar refractivity (Wildman–Crippen MR) is 69.3 cm³/mol. The second-order valence-corrected chi connectivity index (χ2v) is 4.00. The van der Waals surface area contributed by atoms with Gasteiger partial charge in [0.15, 0.2) is 0 Å². The minimum atomic E-state index is -1.11. The summed E-state index contributed by atoms with van der Waals surface area (Å²) in [5, 5.41) is 9.48. The van der Waals surface area contributed by atoms with E-state index in [2.05, 4.69) is 0 Å². The van der Waals surface area contributed by atoms with Gasteiger partial charge in [-0.2, -0.15) is 0 Å². The van der Waals surface area contributed by atoms with Gasteiger partial charge in [0, 0.05) is 5.69 Å². The average molecular weight is 264 g/mol. The molecule has 2 aromatic rings. The molecule has 0 radical (unpaired) electrons. The highest BCUT2D eigenvalue weighted by atomic mass is 35.5. The molecule has 0 aliphatic carbocycles. The molecule has 0 amide bonds. The van der Waals surface area contributed by atoms with Gasteiger partial charge in [-0.1, -0.05) is 23.7 Å². The number of hydrogen-bond donors (Lipinski definition) is 2. The van der Waals surface area contributed by atoms with Gasteiger partial charge >= 0.3 is 5.97 Å². The SMILES string of the molecule is Nc1ccc(Oc2ccccc2Cl)c(C(=O)O)c1. The molecule has 4 nitrogen and oxygen atoms in total. The van der Waals surface area contributed by atoms with Crippen molar-refractivity contribution in [3.8, 4) is 11.5 Å². The van der Waals surface area contributed by atoms with Crippen molar-refractivity contribution in [2.24, 2.45) is 0 Å². The molecule has 0 aliphatic heterocycles. The minimum absolute atomic E-state index is 0.00470. The Morgan fingerprint density at radius 2 is 1.89 bits per heavy atom. The molecule has 3 N–H and O–H groups in total. The van der Waals surface area contributed by atoms with E-state index in [-0.39, 0.29) is 11.3 Å². The van der Waals surface area contributed by atoms with Gasteiger partial charge in [0.25, 0.3) is 0 Å². The lowest BCUT2D eigenvalue weighted by Crippen LogP contribution is -2.01. The number of nitrogen functional groups attached to an aromatic ring is 1. The van der Waals surface area contributed by atoms with Crippen molar-refractivity contribution < 1.29 is 14.6 Å². The van der Waals surface area contributed by atoms with E-state index in [4.69, 9.17) is 27.2 Å². The van der Waals surface area contributed by atoms with E-state index in [9.17, 15) is 4.79 Å². The third-order valence-electron chi connectivity index (χ3n) is 2.29. The highest BCUT2D eigenvalue weighted by molar-refractivity contribution is 6.32. The Morgan fingerprint density at radius 1 is 1.17 bits per heavy atom. The fourth-order valence-corrected chi connectivity index (χ4v) is 1.62. The minimum Gasteiger partial charge on any atom is -0.478 e. The van der Waals surface area contributed by atoms with Crippen LogP contribution < -0.4 is 10.5 Å². The van der Waals surface area contributed by atoms with Crippen molar-refractivity contribution in [2.45, 2.75) is 0 Å². The molecule has 0 aliphatic rings. The largest absolute Gasteiger partial charge is 0.478 e. The second kappa shape index (κ2) is 4.98. The number of ether oxygens (including phenoxy) is 1. The van der Waals surface area contributed by atoms with Gasteiger partial charge in [0.1, 0.15) is 17.1 Å². The number of benzene rings is 2. The van der Waals surface area contributed by atoms with Crippen LogP contribution >= 0.6 is 11.6 Å². The number of anilines is 1. The van der Waals surface area contributed by atoms with Crippen molar-refractivity contribution in [3.05, 3.63) is 53.1 Å².